The Morgan fingerprint density at radius 1 is 1.20 bits per heavy atom. The number of nitrogens with one attached hydrogen (secondary N) is 1. The van der Waals surface area contributed by atoms with Gasteiger partial charge in [-0.05, 0) is 36.2 Å². The molecule has 1 aliphatic heterocycles. The molecule has 0 unspecified atom stereocenters. The van der Waals surface area contributed by atoms with Crippen LogP contribution < -0.4 is 14.8 Å². The fourth-order valence-electron chi connectivity index (χ4n) is 2.59. The van der Waals surface area contributed by atoms with Crippen molar-refractivity contribution in [3.8, 4) is 17.3 Å². The number of hydrogen-bond acceptors (Lipinski definition) is 5. The summed E-state index contributed by atoms with van der Waals surface area (Å²) < 4.78 is 12.4. The Morgan fingerprint density at radius 3 is 2.92 bits per heavy atom. The lowest BCUT2D eigenvalue weighted by Gasteiger charge is -2.07. The van der Waals surface area contributed by atoms with Crippen LogP contribution in [0.1, 0.15) is 12.0 Å². The summed E-state index contributed by atoms with van der Waals surface area (Å²) in [6.07, 6.45) is 7.81. The number of anilines is 1. The van der Waals surface area contributed by atoms with Gasteiger partial charge in [-0.3, -0.25) is 9.36 Å². The third-order valence-electron chi connectivity index (χ3n) is 3.88. The molecule has 2 aromatic heterocycles. The molecule has 0 spiro atoms. The molecule has 1 aromatic carbocycles. The number of amides is 1. The Hall–Kier alpha value is -3.35. The van der Waals surface area contributed by atoms with Crippen LogP contribution in [0.2, 0.25) is 0 Å². The number of fused-ring (bicyclic) bond motifs is 1. The van der Waals surface area contributed by atoms with Crippen LogP contribution in [-0.4, -0.2) is 27.2 Å². The fraction of sp³-hybridized carbons (Fsp3) is 0.167. The molecule has 3 aromatic rings. The molecular formula is C18H16N4O3. The van der Waals surface area contributed by atoms with E-state index in [0.717, 1.165) is 22.9 Å². The van der Waals surface area contributed by atoms with Crippen LogP contribution in [0.5, 0.6) is 11.5 Å². The van der Waals surface area contributed by atoms with Gasteiger partial charge in [0.1, 0.15) is 12.1 Å². The highest BCUT2D eigenvalue weighted by Gasteiger charge is 2.13. The quantitative estimate of drug-likeness (QED) is 0.775. The van der Waals surface area contributed by atoms with Crippen LogP contribution in [0.4, 0.5) is 5.69 Å². The first kappa shape index (κ1) is 15.2. The lowest BCUT2D eigenvalue weighted by Crippen LogP contribution is -2.12. The normalized spacial score (nSPS) is 12.2. The third kappa shape index (κ3) is 3.45. The molecule has 1 aliphatic rings. The number of nitrogens with zero attached hydrogens (tertiary/aromatic N) is 3. The maximum Gasteiger partial charge on any atom is 0.231 e. The van der Waals surface area contributed by atoms with E-state index < -0.39 is 0 Å². The average molecular weight is 336 g/mol. The number of rotatable bonds is 5. The number of hydrogen-bond donors (Lipinski definition) is 1. The lowest BCUT2D eigenvalue weighted by molar-refractivity contribution is -0.116. The highest BCUT2D eigenvalue weighted by Crippen LogP contribution is 2.32. The molecule has 0 atom stereocenters. The summed E-state index contributed by atoms with van der Waals surface area (Å²) in [5, 5.41) is 2.85. The van der Waals surface area contributed by atoms with E-state index in [-0.39, 0.29) is 12.7 Å². The lowest BCUT2D eigenvalue weighted by atomic mass is 10.1. The number of ether oxygens (including phenoxy) is 2. The topological polar surface area (TPSA) is 78.3 Å². The number of aromatic nitrogens is 3. The Morgan fingerprint density at radius 2 is 2.12 bits per heavy atom. The van der Waals surface area contributed by atoms with Gasteiger partial charge < -0.3 is 14.8 Å². The van der Waals surface area contributed by atoms with Crippen molar-refractivity contribution in [2.75, 3.05) is 12.1 Å². The van der Waals surface area contributed by atoms with Crippen LogP contribution >= 0.6 is 0 Å². The van der Waals surface area contributed by atoms with Gasteiger partial charge in [0.25, 0.3) is 0 Å². The number of pyridine rings is 1. The zero-order valence-corrected chi connectivity index (χ0v) is 13.4. The van der Waals surface area contributed by atoms with Gasteiger partial charge in [-0.2, -0.15) is 0 Å². The Balaban J connectivity index is 1.33. The molecule has 7 nitrogen and oxygen atoms in total. The molecular weight excluding hydrogens is 320 g/mol. The molecule has 0 radical (unpaired) electrons. The predicted molar refractivity (Wildman–Crippen MR) is 90.9 cm³/mol. The van der Waals surface area contributed by atoms with E-state index >= 15 is 0 Å². The molecule has 7 heteroatoms. The van der Waals surface area contributed by atoms with E-state index in [1.54, 1.807) is 23.3 Å². The zero-order valence-electron chi connectivity index (χ0n) is 13.4. The molecule has 1 N–H and O–H groups in total. The first-order chi connectivity index (χ1) is 12.3. The van der Waals surface area contributed by atoms with Crippen LogP contribution in [0.3, 0.4) is 0 Å². The van der Waals surface area contributed by atoms with Crippen LogP contribution in [0.15, 0.2) is 55.2 Å². The van der Waals surface area contributed by atoms with Crippen molar-refractivity contribution in [2.24, 2.45) is 0 Å². The van der Waals surface area contributed by atoms with Gasteiger partial charge in [-0.15, -0.1) is 0 Å². The van der Waals surface area contributed by atoms with Gasteiger partial charge in [-0.25, -0.2) is 9.97 Å². The zero-order chi connectivity index (χ0) is 17.1. The van der Waals surface area contributed by atoms with Crippen LogP contribution in [0.25, 0.3) is 5.82 Å². The molecule has 0 bridgehead atoms. The van der Waals surface area contributed by atoms with Crippen molar-refractivity contribution >= 4 is 11.6 Å². The summed E-state index contributed by atoms with van der Waals surface area (Å²) >= 11 is 0. The van der Waals surface area contributed by atoms with E-state index in [1.807, 2.05) is 36.5 Å². The van der Waals surface area contributed by atoms with Crippen molar-refractivity contribution in [1.82, 2.24) is 14.5 Å². The number of carbonyl (C=O) groups is 1. The SMILES string of the molecule is O=C(CCc1ccc2c(c1)OCO2)Nc1ccc(-n2ccnc2)nc1. The van der Waals surface area contributed by atoms with E-state index in [9.17, 15) is 4.79 Å². The second-order valence-corrected chi connectivity index (χ2v) is 5.61. The Bertz CT molecular complexity index is 876. The van der Waals surface area contributed by atoms with Gasteiger partial charge in [0.2, 0.25) is 12.7 Å². The number of aryl methyl sites for hydroxylation is 1. The van der Waals surface area contributed by atoms with Crippen LogP contribution in [0, 0.1) is 0 Å². The van der Waals surface area contributed by atoms with Crippen molar-refractivity contribution < 1.29 is 14.3 Å². The monoisotopic (exact) mass is 336 g/mol. The maximum absolute atomic E-state index is 12.1. The second kappa shape index (κ2) is 6.64. The molecule has 0 saturated carbocycles. The predicted octanol–water partition coefficient (Wildman–Crippen LogP) is 2.57. The maximum atomic E-state index is 12.1. The van der Waals surface area contributed by atoms with Crippen molar-refractivity contribution in [3.05, 3.63) is 60.8 Å². The minimum atomic E-state index is -0.0603. The number of carbonyl (C=O) groups excluding carboxylic acids is 1. The molecule has 25 heavy (non-hydrogen) atoms. The molecule has 1 amide bonds. The molecule has 0 fully saturated rings. The summed E-state index contributed by atoms with van der Waals surface area (Å²) in [7, 11) is 0. The fourth-order valence-corrected chi connectivity index (χ4v) is 2.59. The Labute approximate surface area is 144 Å². The highest BCUT2D eigenvalue weighted by atomic mass is 16.7. The molecule has 126 valence electrons. The number of imidazole rings is 1. The van der Waals surface area contributed by atoms with Gasteiger partial charge in [-0.1, -0.05) is 6.07 Å². The summed E-state index contributed by atoms with van der Waals surface area (Å²) in [6.45, 7) is 0.251. The summed E-state index contributed by atoms with van der Waals surface area (Å²) in [4.78, 5) is 20.4. The van der Waals surface area contributed by atoms with E-state index in [0.29, 0.717) is 18.5 Å². The summed E-state index contributed by atoms with van der Waals surface area (Å²) in [6, 6.07) is 9.38. The van der Waals surface area contributed by atoms with Crippen molar-refractivity contribution in [2.45, 2.75) is 12.8 Å². The van der Waals surface area contributed by atoms with Gasteiger partial charge >= 0.3 is 0 Å². The van der Waals surface area contributed by atoms with Crippen molar-refractivity contribution in [3.63, 3.8) is 0 Å². The van der Waals surface area contributed by atoms with E-state index in [4.69, 9.17) is 9.47 Å². The molecule has 0 saturated heterocycles. The first-order valence-corrected chi connectivity index (χ1v) is 7.91. The minimum Gasteiger partial charge on any atom is -0.454 e. The number of benzene rings is 1. The van der Waals surface area contributed by atoms with E-state index in [2.05, 4.69) is 15.3 Å². The molecule has 0 aliphatic carbocycles. The minimum absolute atomic E-state index is 0.0603. The standard InChI is InChI=1S/C18H16N4O3/c23-18(6-2-13-1-4-15-16(9-13)25-12-24-15)21-14-3-5-17(20-10-14)22-8-7-19-11-22/h1,3-5,7-11H,2,6,12H2,(H,21,23). The third-order valence-corrected chi connectivity index (χ3v) is 3.88. The van der Waals surface area contributed by atoms with Gasteiger partial charge in [0.15, 0.2) is 11.5 Å². The van der Waals surface area contributed by atoms with Crippen molar-refractivity contribution in [1.29, 1.82) is 0 Å². The molecule has 3 heterocycles. The highest BCUT2D eigenvalue weighted by molar-refractivity contribution is 5.90. The van der Waals surface area contributed by atoms with Gasteiger partial charge in [0.05, 0.1) is 11.9 Å². The smallest absolute Gasteiger partial charge is 0.231 e. The second-order valence-electron chi connectivity index (χ2n) is 5.61. The largest absolute Gasteiger partial charge is 0.454 e. The van der Waals surface area contributed by atoms with E-state index in [1.165, 1.54) is 0 Å². The summed E-state index contributed by atoms with van der Waals surface area (Å²) in [5.41, 5.74) is 1.70. The van der Waals surface area contributed by atoms with Crippen LogP contribution in [-0.2, 0) is 11.2 Å². The first-order valence-electron chi connectivity index (χ1n) is 7.91. The Kier molecular flexibility index (Phi) is 4.04. The average Bonchev–Trinajstić information content (AvgIpc) is 3.32. The van der Waals surface area contributed by atoms with Gasteiger partial charge in [0, 0.05) is 18.8 Å². The molecule has 4 rings (SSSR count). The summed E-state index contributed by atoms with van der Waals surface area (Å²) in [5.74, 6) is 2.17.